The standard InChI is InChI=1S/C21H22N2O2/c1-16-4-2-5-18(12-16)14-23-21(24)13-17-7-9-19(10-8-17)22-15-20-6-3-11-25-20/h2-12,22H,13-15H2,1H3,(H,23,24). The number of benzene rings is 2. The number of anilines is 1. The Morgan fingerprint density at radius 2 is 1.80 bits per heavy atom. The highest BCUT2D eigenvalue weighted by Gasteiger charge is 2.04. The summed E-state index contributed by atoms with van der Waals surface area (Å²) in [6, 6.07) is 19.9. The van der Waals surface area contributed by atoms with Gasteiger partial charge < -0.3 is 15.1 Å². The summed E-state index contributed by atoms with van der Waals surface area (Å²) >= 11 is 0. The highest BCUT2D eigenvalue weighted by atomic mass is 16.3. The van der Waals surface area contributed by atoms with Gasteiger partial charge in [0.2, 0.25) is 5.91 Å². The molecule has 0 spiro atoms. The van der Waals surface area contributed by atoms with Crippen LogP contribution in [0, 0.1) is 6.92 Å². The largest absolute Gasteiger partial charge is 0.467 e. The fourth-order valence-corrected chi connectivity index (χ4v) is 2.61. The number of carbonyl (C=O) groups excluding carboxylic acids is 1. The van der Waals surface area contributed by atoms with Gasteiger partial charge in [0.1, 0.15) is 5.76 Å². The van der Waals surface area contributed by atoms with Crippen LogP contribution in [0.4, 0.5) is 5.69 Å². The van der Waals surface area contributed by atoms with Crippen molar-refractivity contribution in [2.45, 2.75) is 26.4 Å². The van der Waals surface area contributed by atoms with Crippen LogP contribution in [0.5, 0.6) is 0 Å². The molecule has 0 atom stereocenters. The Bertz CT molecular complexity index is 808. The molecule has 0 unspecified atom stereocenters. The number of hydrogen-bond donors (Lipinski definition) is 2. The number of furan rings is 1. The van der Waals surface area contributed by atoms with Gasteiger partial charge in [0.25, 0.3) is 0 Å². The molecule has 128 valence electrons. The van der Waals surface area contributed by atoms with Gasteiger partial charge >= 0.3 is 0 Å². The second-order valence-corrected chi connectivity index (χ2v) is 6.07. The first-order valence-electron chi connectivity index (χ1n) is 8.36. The number of nitrogens with one attached hydrogen (secondary N) is 2. The van der Waals surface area contributed by atoms with E-state index in [4.69, 9.17) is 4.42 Å². The molecule has 1 aromatic heterocycles. The van der Waals surface area contributed by atoms with E-state index in [9.17, 15) is 4.79 Å². The number of carbonyl (C=O) groups is 1. The van der Waals surface area contributed by atoms with Crippen molar-refractivity contribution in [3.05, 3.63) is 89.4 Å². The summed E-state index contributed by atoms with van der Waals surface area (Å²) in [5, 5.41) is 6.25. The molecule has 2 N–H and O–H groups in total. The van der Waals surface area contributed by atoms with Crippen molar-refractivity contribution in [1.82, 2.24) is 5.32 Å². The van der Waals surface area contributed by atoms with E-state index in [1.807, 2.05) is 61.5 Å². The van der Waals surface area contributed by atoms with Gasteiger partial charge in [-0.15, -0.1) is 0 Å². The first-order valence-corrected chi connectivity index (χ1v) is 8.36. The lowest BCUT2D eigenvalue weighted by atomic mass is 10.1. The van der Waals surface area contributed by atoms with Crippen molar-refractivity contribution in [3.63, 3.8) is 0 Å². The molecule has 0 bridgehead atoms. The minimum atomic E-state index is 0.0257. The Morgan fingerprint density at radius 1 is 0.960 bits per heavy atom. The van der Waals surface area contributed by atoms with Crippen molar-refractivity contribution in [3.8, 4) is 0 Å². The second kappa shape index (κ2) is 8.20. The zero-order chi connectivity index (χ0) is 17.5. The summed E-state index contributed by atoms with van der Waals surface area (Å²) < 4.78 is 5.29. The van der Waals surface area contributed by atoms with E-state index >= 15 is 0 Å². The van der Waals surface area contributed by atoms with Crippen LogP contribution < -0.4 is 10.6 Å². The molecular weight excluding hydrogens is 312 g/mol. The highest BCUT2D eigenvalue weighted by molar-refractivity contribution is 5.78. The van der Waals surface area contributed by atoms with E-state index in [1.54, 1.807) is 6.26 Å². The Labute approximate surface area is 147 Å². The summed E-state index contributed by atoms with van der Waals surface area (Å²) in [4.78, 5) is 12.1. The van der Waals surface area contributed by atoms with Crippen molar-refractivity contribution < 1.29 is 9.21 Å². The predicted molar refractivity (Wildman–Crippen MR) is 99.2 cm³/mol. The second-order valence-electron chi connectivity index (χ2n) is 6.07. The van der Waals surface area contributed by atoms with Crippen molar-refractivity contribution in [2.75, 3.05) is 5.32 Å². The van der Waals surface area contributed by atoms with Gasteiger partial charge in [-0.25, -0.2) is 0 Å². The number of amides is 1. The smallest absolute Gasteiger partial charge is 0.224 e. The van der Waals surface area contributed by atoms with Crippen LogP contribution in [-0.2, 0) is 24.3 Å². The predicted octanol–water partition coefficient (Wildman–Crippen LogP) is 4.06. The lowest BCUT2D eigenvalue weighted by Crippen LogP contribution is -2.24. The first-order chi connectivity index (χ1) is 12.2. The Hall–Kier alpha value is -3.01. The van der Waals surface area contributed by atoms with Crippen LogP contribution in [0.3, 0.4) is 0 Å². The first kappa shape index (κ1) is 16.8. The quantitative estimate of drug-likeness (QED) is 0.685. The van der Waals surface area contributed by atoms with Gasteiger partial charge in [-0.3, -0.25) is 4.79 Å². The number of rotatable bonds is 7. The van der Waals surface area contributed by atoms with Crippen LogP contribution in [0.1, 0.15) is 22.5 Å². The Balaban J connectivity index is 1.46. The van der Waals surface area contributed by atoms with Gasteiger partial charge in [0, 0.05) is 12.2 Å². The van der Waals surface area contributed by atoms with E-state index in [0.29, 0.717) is 19.5 Å². The van der Waals surface area contributed by atoms with Crippen LogP contribution >= 0.6 is 0 Å². The molecule has 0 saturated carbocycles. The van der Waals surface area contributed by atoms with Crippen molar-refractivity contribution >= 4 is 11.6 Å². The molecule has 0 radical (unpaired) electrons. The lowest BCUT2D eigenvalue weighted by Gasteiger charge is -2.08. The van der Waals surface area contributed by atoms with Crippen LogP contribution in [0.25, 0.3) is 0 Å². The Morgan fingerprint density at radius 3 is 2.52 bits per heavy atom. The van der Waals surface area contributed by atoms with Crippen molar-refractivity contribution in [1.29, 1.82) is 0 Å². The van der Waals surface area contributed by atoms with E-state index in [1.165, 1.54) is 5.56 Å². The molecule has 2 aromatic carbocycles. The molecule has 0 aliphatic carbocycles. The highest BCUT2D eigenvalue weighted by Crippen LogP contribution is 2.12. The van der Waals surface area contributed by atoms with Gasteiger partial charge in [-0.2, -0.15) is 0 Å². The summed E-state index contributed by atoms with van der Waals surface area (Å²) in [6.07, 6.45) is 2.04. The average molecular weight is 334 g/mol. The van der Waals surface area contributed by atoms with Gasteiger partial charge in [0.05, 0.1) is 19.2 Å². The number of hydrogen-bond acceptors (Lipinski definition) is 3. The molecule has 25 heavy (non-hydrogen) atoms. The van der Waals surface area contributed by atoms with E-state index in [-0.39, 0.29) is 5.91 Å². The zero-order valence-corrected chi connectivity index (χ0v) is 14.3. The minimum Gasteiger partial charge on any atom is -0.467 e. The summed E-state index contributed by atoms with van der Waals surface area (Å²) in [5.41, 5.74) is 4.31. The third-order valence-corrected chi connectivity index (χ3v) is 3.94. The summed E-state index contributed by atoms with van der Waals surface area (Å²) in [6.45, 7) is 3.25. The zero-order valence-electron chi connectivity index (χ0n) is 14.3. The fourth-order valence-electron chi connectivity index (χ4n) is 2.61. The maximum atomic E-state index is 12.1. The maximum absolute atomic E-state index is 12.1. The third-order valence-electron chi connectivity index (χ3n) is 3.94. The molecule has 1 amide bonds. The Kier molecular flexibility index (Phi) is 5.52. The minimum absolute atomic E-state index is 0.0257. The summed E-state index contributed by atoms with van der Waals surface area (Å²) in [7, 11) is 0. The van der Waals surface area contributed by atoms with Gasteiger partial charge in [-0.05, 0) is 42.3 Å². The van der Waals surface area contributed by atoms with Crippen LogP contribution in [-0.4, -0.2) is 5.91 Å². The molecule has 3 aromatic rings. The molecule has 4 nitrogen and oxygen atoms in total. The van der Waals surface area contributed by atoms with Crippen LogP contribution in [0.15, 0.2) is 71.3 Å². The monoisotopic (exact) mass is 334 g/mol. The normalized spacial score (nSPS) is 10.4. The molecule has 4 heteroatoms. The topological polar surface area (TPSA) is 54.3 Å². The van der Waals surface area contributed by atoms with Crippen molar-refractivity contribution in [2.24, 2.45) is 0 Å². The van der Waals surface area contributed by atoms with E-state index in [2.05, 4.69) is 16.7 Å². The van der Waals surface area contributed by atoms with E-state index in [0.717, 1.165) is 22.6 Å². The molecule has 1 heterocycles. The molecule has 0 saturated heterocycles. The number of aryl methyl sites for hydroxylation is 1. The van der Waals surface area contributed by atoms with E-state index < -0.39 is 0 Å². The van der Waals surface area contributed by atoms with Crippen LogP contribution in [0.2, 0.25) is 0 Å². The SMILES string of the molecule is Cc1cccc(CNC(=O)Cc2ccc(NCc3ccco3)cc2)c1. The van der Waals surface area contributed by atoms with Gasteiger partial charge in [-0.1, -0.05) is 42.0 Å². The molecule has 0 aliphatic rings. The molecule has 0 fully saturated rings. The maximum Gasteiger partial charge on any atom is 0.224 e. The third kappa shape index (κ3) is 5.24. The fraction of sp³-hybridized carbons (Fsp3) is 0.190. The average Bonchev–Trinajstić information content (AvgIpc) is 3.13. The lowest BCUT2D eigenvalue weighted by molar-refractivity contribution is -0.120. The summed E-state index contributed by atoms with van der Waals surface area (Å²) in [5.74, 6) is 0.914. The molecule has 3 rings (SSSR count). The van der Waals surface area contributed by atoms with Gasteiger partial charge in [0.15, 0.2) is 0 Å². The molecule has 0 aliphatic heterocycles. The molecular formula is C21H22N2O2.